The van der Waals surface area contributed by atoms with Crippen LogP contribution in [0.1, 0.15) is 20.8 Å². The van der Waals surface area contributed by atoms with Crippen LogP contribution in [0.2, 0.25) is 15.2 Å². The molecule has 1 N–H and O–H groups in total. The van der Waals surface area contributed by atoms with Gasteiger partial charge in [-0.2, -0.15) is 0 Å². The first-order chi connectivity index (χ1) is 8.85. The predicted octanol–water partition coefficient (Wildman–Crippen LogP) is 3.39. The van der Waals surface area contributed by atoms with Crippen LogP contribution in [-0.2, 0) is 4.79 Å². The Morgan fingerprint density at radius 3 is 2.53 bits per heavy atom. The Hall–Kier alpha value is -0.710. The minimum Gasteiger partial charge on any atom is -0.352 e. The van der Waals surface area contributed by atoms with Gasteiger partial charge in [-0.25, -0.2) is 4.98 Å². The highest BCUT2D eigenvalue weighted by atomic mass is 35.5. The molecule has 0 saturated heterocycles. The van der Waals surface area contributed by atoms with Crippen LogP contribution in [0.15, 0.2) is 6.07 Å². The number of pyridine rings is 1. The van der Waals surface area contributed by atoms with Crippen molar-refractivity contribution in [2.45, 2.75) is 26.8 Å². The summed E-state index contributed by atoms with van der Waals surface area (Å²) in [4.78, 5) is 17.6. The van der Waals surface area contributed by atoms with Crippen LogP contribution in [0.3, 0.4) is 0 Å². The summed E-state index contributed by atoms with van der Waals surface area (Å²) in [5, 5.41) is 3.64. The molecule has 0 fully saturated rings. The second kappa shape index (κ2) is 7.17. The minimum absolute atomic E-state index is 0.0865. The molecule has 1 aromatic heterocycles. The molecule has 0 saturated carbocycles. The zero-order valence-corrected chi connectivity index (χ0v) is 13.3. The summed E-state index contributed by atoms with van der Waals surface area (Å²) in [5.41, 5.74) is 0. The lowest BCUT2D eigenvalue weighted by atomic mass is 10.3. The van der Waals surface area contributed by atoms with Crippen molar-refractivity contribution in [1.29, 1.82) is 0 Å². The molecule has 0 bridgehead atoms. The lowest BCUT2D eigenvalue weighted by molar-refractivity contribution is -0.120. The Kier molecular flexibility index (Phi) is 6.17. The van der Waals surface area contributed by atoms with Gasteiger partial charge in [0.05, 0.1) is 16.6 Å². The van der Waals surface area contributed by atoms with Gasteiger partial charge in [0.2, 0.25) is 5.91 Å². The Balaban J connectivity index is 2.91. The molecule has 0 aliphatic heterocycles. The third-order valence-electron chi connectivity index (χ3n) is 2.33. The molecule has 7 heteroatoms. The van der Waals surface area contributed by atoms with Crippen molar-refractivity contribution in [3.63, 3.8) is 0 Å². The van der Waals surface area contributed by atoms with Crippen LogP contribution >= 0.6 is 34.8 Å². The molecule has 0 aliphatic rings. The summed E-state index contributed by atoms with van der Waals surface area (Å²) in [5.74, 6) is 0.360. The quantitative estimate of drug-likeness (QED) is 0.844. The number of likely N-dealkylation sites (N-methyl/N-ethyl adjacent to an activating group) is 1. The Morgan fingerprint density at radius 1 is 1.37 bits per heavy atom. The molecule has 1 heterocycles. The number of rotatable bonds is 5. The van der Waals surface area contributed by atoms with E-state index >= 15 is 0 Å². The fraction of sp³-hybridized carbons (Fsp3) is 0.500. The number of hydrogen-bond acceptors (Lipinski definition) is 3. The molecule has 1 aromatic rings. The third kappa shape index (κ3) is 4.71. The molecule has 0 unspecified atom stereocenters. The van der Waals surface area contributed by atoms with E-state index in [0.29, 0.717) is 17.4 Å². The number of nitrogens with one attached hydrogen (secondary N) is 1. The van der Waals surface area contributed by atoms with E-state index in [9.17, 15) is 4.79 Å². The largest absolute Gasteiger partial charge is 0.352 e. The Morgan fingerprint density at radius 2 is 2.00 bits per heavy atom. The molecule has 4 nitrogen and oxygen atoms in total. The first kappa shape index (κ1) is 16.3. The summed E-state index contributed by atoms with van der Waals surface area (Å²) >= 11 is 17.8. The molecule has 0 aromatic carbocycles. The fourth-order valence-corrected chi connectivity index (χ4v) is 2.15. The highest BCUT2D eigenvalue weighted by molar-refractivity contribution is 6.42. The topological polar surface area (TPSA) is 45.2 Å². The highest BCUT2D eigenvalue weighted by Crippen LogP contribution is 2.30. The van der Waals surface area contributed by atoms with Gasteiger partial charge in [0.25, 0.3) is 0 Å². The molecule has 0 spiro atoms. The number of carbonyl (C=O) groups is 1. The summed E-state index contributed by atoms with van der Waals surface area (Å²) < 4.78 is 0. The maximum atomic E-state index is 11.8. The zero-order chi connectivity index (χ0) is 14.6. The standard InChI is InChI=1S/C12H16Cl3N3O/c1-4-18(6-10(19)16-7(2)3)12-9(14)5-8(13)11(15)17-12/h5,7H,4,6H2,1-3H3,(H,16,19). The van der Waals surface area contributed by atoms with Gasteiger partial charge in [-0.3, -0.25) is 4.79 Å². The molecule has 0 radical (unpaired) electrons. The van der Waals surface area contributed by atoms with Crippen molar-refractivity contribution in [2.75, 3.05) is 18.0 Å². The molecular formula is C12H16Cl3N3O. The third-order valence-corrected chi connectivity index (χ3v) is 3.28. The molecule has 1 rings (SSSR count). The van der Waals surface area contributed by atoms with E-state index in [4.69, 9.17) is 34.8 Å². The predicted molar refractivity (Wildman–Crippen MR) is 80.4 cm³/mol. The zero-order valence-electron chi connectivity index (χ0n) is 11.0. The van der Waals surface area contributed by atoms with E-state index in [-0.39, 0.29) is 28.7 Å². The average Bonchev–Trinajstić information content (AvgIpc) is 2.30. The van der Waals surface area contributed by atoms with Gasteiger partial charge in [0.1, 0.15) is 11.0 Å². The van der Waals surface area contributed by atoms with E-state index < -0.39 is 0 Å². The fourth-order valence-electron chi connectivity index (χ4n) is 1.53. The van der Waals surface area contributed by atoms with E-state index in [1.165, 1.54) is 6.07 Å². The van der Waals surface area contributed by atoms with E-state index in [1.807, 2.05) is 20.8 Å². The van der Waals surface area contributed by atoms with E-state index in [2.05, 4.69) is 10.3 Å². The minimum atomic E-state index is -0.0965. The molecule has 1 amide bonds. The highest BCUT2D eigenvalue weighted by Gasteiger charge is 2.16. The number of amides is 1. The first-order valence-electron chi connectivity index (χ1n) is 5.91. The van der Waals surface area contributed by atoms with E-state index in [1.54, 1.807) is 4.90 Å². The lowest BCUT2D eigenvalue weighted by Gasteiger charge is -2.23. The van der Waals surface area contributed by atoms with Crippen LogP contribution < -0.4 is 10.2 Å². The SMILES string of the molecule is CCN(CC(=O)NC(C)C)c1nc(Cl)c(Cl)cc1Cl. The van der Waals surface area contributed by atoms with E-state index in [0.717, 1.165) is 0 Å². The van der Waals surface area contributed by atoms with Crippen LogP contribution in [0.5, 0.6) is 0 Å². The number of anilines is 1. The number of aromatic nitrogens is 1. The average molecular weight is 325 g/mol. The van der Waals surface area contributed by atoms with Gasteiger partial charge in [0, 0.05) is 12.6 Å². The van der Waals surface area contributed by atoms with Crippen LogP contribution in [0, 0.1) is 0 Å². The Labute approximate surface area is 128 Å². The molecule has 0 atom stereocenters. The summed E-state index contributed by atoms with van der Waals surface area (Å²) in [6, 6.07) is 1.61. The number of carbonyl (C=O) groups excluding carboxylic acids is 1. The molecule has 19 heavy (non-hydrogen) atoms. The van der Waals surface area contributed by atoms with Gasteiger partial charge in [-0.05, 0) is 26.8 Å². The van der Waals surface area contributed by atoms with Crippen molar-refractivity contribution in [1.82, 2.24) is 10.3 Å². The van der Waals surface area contributed by atoms with Crippen molar-refractivity contribution < 1.29 is 4.79 Å². The Bertz CT molecular complexity index is 466. The van der Waals surface area contributed by atoms with Crippen LogP contribution in [0.4, 0.5) is 5.82 Å². The number of hydrogen-bond donors (Lipinski definition) is 1. The first-order valence-corrected chi connectivity index (χ1v) is 7.04. The van der Waals surface area contributed by atoms with Gasteiger partial charge in [-0.15, -0.1) is 0 Å². The van der Waals surface area contributed by atoms with Crippen LogP contribution in [-0.4, -0.2) is 30.0 Å². The molecule has 0 aliphatic carbocycles. The maximum Gasteiger partial charge on any atom is 0.239 e. The van der Waals surface area contributed by atoms with Crippen LogP contribution in [0.25, 0.3) is 0 Å². The van der Waals surface area contributed by atoms with Gasteiger partial charge in [0.15, 0.2) is 0 Å². The summed E-state index contributed by atoms with van der Waals surface area (Å²) in [6.07, 6.45) is 0. The monoisotopic (exact) mass is 323 g/mol. The lowest BCUT2D eigenvalue weighted by Crippen LogP contribution is -2.40. The van der Waals surface area contributed by atoms with Gasteiger partial charge >= 0.3 is 0 Å². The van der Waals surface area contributed by atoms with Crippen molar-refractivity contribution in [3.05, 3.63) is 21.3 Å². The second-order valence-corrected chi connectivity index (χ2v) is 5.48. The number of nitrogens with zero attached hydrogens (tertiary/aromatic N) is 2. The number of halogens is 3. The summed E-state index contributed by atoms with van der Waals surface area (Å²) in [6.45, 7) is 6.45. The smallest absolute Gasteiger partial charge is 0.239 e. The van der Waals surface area contributed by atoms with Gasteiger partial charge < -0.3 is 10.2 Å². The van der Waals surface area contributed by atoms with Crippen molar-refractivity contribution in [3.8, 4) is 0 Å². The van der Waals surface area contributed by atoms with Gasteiger partial charge in [-0.1, -0.05) is 34.8 Å². The maximum absolute atomic E-state index is 11.8. The molecular weight excluding hydrogens is 309 g/mol. The van der Waals surface area contributed by atoms with Crippen molar-refractivity contribution >= 4 is 46.5 Å². The van der Waals surface area contributed by atoms with Crippen molar-refractivity contribution in [2.24, 2.45) is 0 Å². The molecule has 106 valence electrons. The summed E-state index contributed by atoms with van der Waals surface area (Å²) in [7, 11) is 0. The second-order valence-electron chi connectivity index (χ2n) is 4.30. The normalized spacial score (nSPS) is 10.7.